The minimum atomic E-state index is -4.75. The normalized spacial score (nSPS) is 28.4. The highest BCUT2D eigenvalue weighted by Gasteiger charge is 2.44. The third-order valence-electron chi connectivity index (χ3n) is 3.10. The minimum absolute atomic E-state index is 0.157. The molecule has 0 bridgehead atoms. The lowest BCUT2D eigenvalue weighted by Crippen LogP contribution is -2.33. The van der Waals surface area contributed by atoms with Crippen LogP contribution >= 0.6 is 11.8 Å². The zero-order valence-electron chi connectivity index (χ0n) is 9.70. The van der Waals surface area contributed by atoms with E-state index >= 15 is 0 Å². The van der Waals surface area contributed by atoms with Crippen molar-refractivity contribution in [3.8, 4) is 5.75 Å². The Bertz CT molecular complexity index is 436. The zero-order valence-corrected chi connectivity index (χ0v) is 10.5. The standard InChI is InChI=1S/C12H13F3O2S/c1-8-11(16,6-7-18-8)9-4-2-3-5-10(9)17-12(13,14)15/h2-5,8,16H,6-7H2,1H3. The summed E-state index contributed by atoms with van der Waals surface area (Å²) in [5, 5.41) is 10.4. The van der Waals surface area contributed by atoms with Gasteiger partial charge in [-0.15, -0.1) is 13.2 Å². The minimum Gasteiger partial charge on any atom is -0.405 e. The average molecular weight is 278 g/mol. The van der Waals surface area contributed by atoms with Crippen LogP contribution in [-0.4, -0.2) is 22.5 Å². The van der Waals surface area contributed by atoms with Crippen molar-refractivity contribution in [1.29, 1.82) is 0 Å². The molecule has 2 rings (SSSR count). The molecule has 6 heteroatoms. The van der Waals surface area contributed by atoms with Crippen LogP contribution in [0.25, 0.3) is 0 Å². The third kappa shape index (κ3) is 2.59. The van der Waals surface area contributed by atoms with Gasteiger partial charge in [0.05, 0.1) is 0 Å². The third-order valence-corrected chi connectivity index (χ3v) is 4.43. The van der Waals surface area contributed by atoms with Gasteiger partial charge in [0.1, 0.15) is 11.4 Å². The fraction of sp³-hybridized carbons (Fsp3) is 0.500. The molecule has 0 amide bonds. The number of para-hydroxylation sites is 1. The van der Waals surface area contributed by atoms with Crippen LogP contribution < -0.4 is 4.74 Å². The summed E-state index contributed by atoms with van der Waals surface area (Å²) in [5.41, 5.74) is -1.05. The van der Waals surface area contributed by atoms with Crippen LogP contribution in [0, 0.1) is 0 Å². The number of halogens is 3. The molecule has 0 saturated carbocycles. The van der Waals surface area contributed by atoms with E-state index in [9.17, 15) is 18.3 Å². The summed E-state index contributed by atoms with van der Waals surface area (Å²) in [5.74, 6) is 0.403. The lowest BCUT2D eigenvalue weighted by molar-refractivity contribution is -0.275. The second-order valence-corrected chi connectivity index (χ2v) is 5.68. The topological polar surface area (TPSA) is 29.5 Å². The first kappa shape index (κ1) is 13.5. The van der Waals surface area contributed by atoms with Crippen molar-refractivity contribution >= 4 is 11.8 Å². The number of hydrogen-bond donors (Lipinski definition) is 1. The lowest BCUT2D eigenvalue weighted by Gasteiger charge is -2.29. The molecule has 1 N–H and O–H groups in total. The molecule has 0 aromatic heterocycles. The van der Waals surface area contributed by atoms with E-state index in [1.165, 1.54) is 30.0 Å². The summed E-state index contributed by atoms with van der Waals surface area (Å²) in [6, 6.07) is 5.78. The molecule has 1 aromatic carbocycles. The molecule has 1 aromatic rings. The molecule has 18 heavy (non-hydrogen) atoms. The van der Waals surface area contributed by atoms with Gasteiger partial charge in [-0.3, -0.25) is 0 Å². The van der Waals surface area contributed by atoms with Gasteiger partial charge in [0.15, 0.2) is 0 Å². The maximum atomic E-state index is 12.3. The quantitative estimate of drug-likeness (QED) is 0.900. The van der Waals surface area contributed by atoms with E-state index in [0.29, 0.717) is 6.42 Å². The summed E-state index contributed by atoms with van der Waals surface area (Å²) in [4.78, 5) is 0. The second kappa shape index (κ2) is 4.66. The molecular formula is C12H13F3O2S. The molecule has 2 atom stereocenters. The van der Waals surface area contributed by atoms with Crippen LogP contribution in [-0.2, 0) is 5.60 Å². The Balaban J connectivity index is 2.39. The molecule has 0 radical (unpaired) electrons. The van der Waals surface area contributed by atoms with Crippen molar-refractivity contribution in [2.75, 3.05) is 5.75 Å². The van der Waals surface area contributed by atoms with E-state index in [2.05, 4.69) is 4.74 Å². The molecule has 2 nitrogen and oxygen atoms in total. The molecule has 1 aliphatic heterocycles. The van der Waals surface area contributed by atoms with Crippen molar-refractivity contribution in [2.45, 2.75) is 30.6 Å². The van der Waals surface area contributed by atoms with Crippen molar-refractivity contribution in [3.63, 3.8) is 0 Å². The lowest BCUT2D eigenvalue weighted by atomic mass is 9.88. The average Bonchev–Trinajstić information content (AvgIpc) is 2.59. The van der Waals surface area contributed by atoms with Crippen molar-refractivity contribution in [2.24, 2.45) is 0 Å². The summed E-state index contributed by atoms with van der Waals surface area (Å²) in [6.07, 6.45) is -4.32. The summed E-state index contributed by atoms with van der Waals surface area (Å²) < 4.78 is 41.0. The van der Waals surface area contributed by atoms with Crippen LogP contribution in [0.3, 0.4) is 0 Å². The van der Waals surface area contributed by atoms with Gasteiger partial charge >= 0.3 is 6.36 Å². The highest BCUT2D eigenvalue weighted by atomic mass is 32.2. The Kier molecular flexibility index (Phi) is 3.51. The highest BCUT2D eigenvalue weighted by Crippen LogP contribution is 2.46. The van der Waals surface area contributed by atoms with Crippen molar-refractivity contribution in [1.82, 2.24) is 0 Å². The van der Waals surface area contributed by atoms with Gasteiger partial charge in [-0.1, -0.05) is 25.1 Å². The van der Waals surface area contributed by atoms with Gasteiger partial charge in [0.2, 0.25) is 0 Å². The van der Waals surface area contributed by atoms with E-state index in [0.717, 1.165) is 5.75 Å². The van der Waals surface area contributed by atoms with E-state index in [-0.39, 0.29) is 16.6 Å². The molecule has 2 unspecified atom stereocenters. The van der Waals surface area contributed by atoms with E-state index in [1.54, 1.807) is 6.07 Å². The van der Waals surface area contributed by atoms with Gasteiger partial charge in [-0.25, -0.2) is 0 Å². The first-order chi connectivity index (χ1) is 8.33. The Labute approximate surface area is 107 Å². The van der Waals surface area contributed by atoms with Gasteiger partial charge in [0.25, 0.3) is 0 Å². The van der Waals surface area contributed by atoms with Crippen LogP contribution in [0.15, 0.2) is 24.3 Å². The monoisotopic (exact) mass is 278 g/mol. The van der Waals surface area contributed by atoms with Crippen LogP contribution in [0.4, 0.5) is 13.2 Å². The first-order valence-corrected chi connectivity index (χ1v) is 6.57. The number of alkyl halides is 3. The van der Waals surface area contributed by atoms with Crippen molar-refractivity contribution in [3.05, 3.63) is 29.8 Å². The Morgan fingerprint density at radius 2 is 2.06 bits per heavy atom. The maximum absolute atomic E-state index is 12.3. The molecule has 1 saturated heterocycles. The van der Waals surface area contributed by atoms with Crippen LogP contribution in [0.2, 0.25) is 0 Å². The molecular weight excluding hydrogens is 265 g/mol. The summed E-state index contributed by atoms with van der Waals surface area (Å²) in [6.45, 7) is 1.81. The molecule has 100 valence electrons. The molecule has 1 heterocycles. The van der Waals surface area contributed by atoms with Gasteiger partial charge in [-0.05, 0) is 18.2 Å². The number of ether oxygens (including phenoxy) is 1. The number of benzene rings is 1. The maximum Gasteiger partial charge on any atom is 0.573 e. The van der Waals surface area contributed by atoms with Gasteiger partial charge in [0, 0.05) is 10.8 Å². The predicted octanol–water partition coefficient (Wildman–Crippen LogP) is 3.30. The van der Waals surface area contributed by atoms with Crippen LogP contribution in [0.1, 0.15) is 18.9 Å². The number of aliphatic hydroxyl groups is 1. The van der Waals surface area contributed by atoms with E-state index in [4.69, 9.17) is 0 Å². The van der Waals surface area contributed by atoms with E-state index < -0.39 is 12.0 Å². The van der Waals surface area contributed by atoms with Crippen LogP contribution in [0.5, 0.6) is 5.75 Å². The Hall–Kier alpha value is -0.880. The molecule has 1 aliphatic rings. The Morgan fingerprint density at radius 1 is 1.39 bits per heavy atom. The molecule has 0 spiro atoms. The number of rotatable bonds is 2. The molecule has 0 aliphatic carbocycles. The smallest absolute Gasteiger partial charge is 0.405 e. The second-order valence-electron chi connectivity index (χ2n) is 4.23. The first-order valence-electron chi connectivity index (χ1n) is 5.52. The highest BCUT2D eigenvalue weighted by molar-refractivity contribution is 8.00. The number of hydrogen-bond acceptors (Lipinski definition) is 3. The van der Waals surface area contributed by atoms with Crippen molar-refractivity contribution < 1.29 is 23.0 Å². The SMILES string of the molecule is CC1SCCC1(O)c1ccccc1OC(F)(F)F. The Morgan fingerprint density at radius 3 is 2.61 bits per heavy atom. The fourth-order valence-electron chi connectivity index (χ4n) is 2.12. The largest absolute Gasteiger partial charge is 0.573 e. The summed E-state index contributed by atoms with van der Waals surface area (Å²) in [7, 11) is 0. The summed E-state index contributed by atoms with van der Waals surface area (Å²) >= 11 is 1.54. The van der Waals surface area contributed by atoms with Gasteiger partial charge < -0.3 is 9.84 Å². The van der Waals surface area contributed by atoms with Gasteiger partial charge in [-0.2, -0.15) is 11.8 Å². The fourth-order valence-corrected chi connectivity index (χ4v) is 3.43. The predicted molar refractivity (Wildman–Crippen MR) is 63.6 cm³/mol. The molecule has 1 fully saturated rings. The zero-order chi connectivity index (χ0) is 13.4. The number of thioether (sulfide) groups is 1. The van der Waals surface area contributed by atoms with E-state index in [1.807, 2.05) is 6.92 Å².